The van der Waals surface area contributed by atoms with Crippen molar-refractivity contribution in [1.82, 2.24) is 0 Å². The Morgan fingerprint density at radius 2 is 1.72 bits per heavy atom. The molecule has 3 aromatic rings. The molecular weight excluding hydrogens is 660 g/mol. The minimum Gasteiger partial charge on any atom is -0.508 e. The lowest BCUT2D eigenvalue weighted by atomic mass is 9.99. The number of rotatable bonds is 11. The second-order valence-electron chi connectivity index (χ2n) is 11.5. The molecule has 6 rings (SSSR count). The van der Waals surface area contributed by atoms with E-state index in [1.54, 1.807) is 48.6 Å². The Hall–Kier alpha value is -5.65. The number of hydrogen-bond donors (Lipinski definition) is 9. The zero-order valence-corrected chi connectivity index (χ0v) is 25.9. The zero-order chi connectivity index (χ0) is 35.7. The molecule has 0 radical (unpaired) electrons. The Balaban J connectivity index is 1.26. The molecule has 1 saturated heterocycles. The van der Waals surface area contributed by atoms with E-state index < -0.39 is 60.4 Å². The number of carboxylic acid groups (broad SMARTS) is 1. The Morgan fingerprint density at radius 1 is 0.960 bits per heavy atom. The first-order valence-corrected chi connectivity index (χ1v) is 15.2. The third kappa shape index (κ3) is 7.05. The van der Waals surface area contributed by atoms with Gasteiger partial charge in [0.05, 0.1) is 0 Å². The summed E-state index contributed by atoms with van der Waals surface area (Å²) in [6.45, 7) is -0.328. The van der Waals surface area contributed by atoms with Gasteiger partial charge in [0.25, 0.3) is 0 Å². The van der Waals surface area contributed by atoms with Crippen molar-refractivity contribution in [2.24, 2.45) is 4.99 Å². The van der Waals surface area contributed by atoms with E-state index in [1.165, 1.54) is 24.3 Å². The molecule has 0 aromatic heterocycles. The highest BCUT2D eigenvalue weighted by molar-refractivity contribution is 6.14. The number of aliphatic hydroxyl groups is 5. The van der Waals surface area contributed by atoms with Crippen LogP contribution >= 0.6 is 0 Å². The maximum atomic E-state index is 11.7. The van der Waals surface area contributed by atoms with Crippen molar-refractivity contribution < 1.29 is 74.7 Å². The van der Waals surface area contributed by atoms with E-state index in [1.807, 2.05) is 0 Å². The maximum Gasteiger partial charge on any atom is 0.335 e. The maximum absolute atomic E-state index is 11.7. The van der Waals surface area contributed by atoms with Gasteiger partial charge in [-0.3, -0.25) is 5.41 Å². The average molecular weight is 694 g/mol. The molecule has 3 aliphatic rings. The van der Waals surface area contributed by atoms with Gasteiger partial charge < -0.3 is 64.5 Å². The molecule has 7 atom stereocenters. The number of amidine groups is 1. The summed E-state index contributed by atoms with van der Waals surface area (Å²) in [5.41, 5.74) is 1.20. The summed E-state index contributed by atoms with van der Waals surface area (Å²) in [4.78, 5) is 15.7. The lowest BCUT2D eigenvalue weighted by Crippen LogP contribution is -2.61. The fourth-order valence-corrected chi connectivity index (χ4v) is 5.40. The number of phenols is 2. The van der Waals surface area contributed by atoms with Crippen LogP contribution < -0.4 is 24.4 Å². The van der Waals surface area contributed by atoms with Crippen molar-refractivity contribution in [1.29, 1.82) is 0 Å². The number of carboxylic acids is 1. The number of aliphatic carboxylic acids is 1. The number of benzene rings is 3. The monoisotopic (exact) mass is 693 g/mol. The molecule has 0 spiro atoms. The van der Waals surface area contributed by atoms with E-state index >= 15 is 0 Å². The lowest BCUT2D eigenvalue weighted by molar-refractivity contribution is -0.271. The Morgan fingerprint density at radius 3 is 2.40 bits per heavy atom. The third-order valence-corrected chi connectivity index (χ3v) is 7.99. The first-order valence-electron chi connectivity index (χ1n) is 15.2. The van der Waals surface area contributed by atoms with Gasteiger partial charge in [-0.2, -0.15) is 0 Å². The third-order valence-electron chi connectivity index (χ3n) is 7.99. The second kappa shape index (κ2) is 14.1. The van der Waals surface area contributed by atoms with Crippen molar-refractivity contribution >= 4 is 23.3 Å². The summed E-state index contributed by atoms with van der Waals surface area (Å²) < 4.78 is 28.6. The van der Waals surface area contributed by atoms with Gasteiger partial charge in [-0.25, -0.2) is 4.79 Å². The van der Waals surface area contributed by atoms with Gasteiger partial charge in [-0.15, -0.1) is 0 Å². The highest BCUT2D eigenvalue weighted by Crippen LogP contribution is 2.51. The molecule has 0 amide bonds. The Labute approximate surface area is 283 Å². The molecular formula is C34H33N2O14+. The summed E-state index contributed by atoms with van der Waals surface area (Å²) in [5.74, 6) is -2.90. The predicted octanol–water partition coefficient (Wildman–Crippen LogP) is -0.111. The SMILES string of the molecule is [NH2+]=C1C=CC(C(O)COc2ccc(C3C=C(O)c4c(cc(OC5OC(C(=O)O)C(O)C(O)C5O)c(OCc5cccc(O)c5)c4O)O3)cc2)=N1. The fraction of sp³-hybridized carbons (Fsp3) is 0.265. The van der Waals surface area contributed by atoms with E-state index in [-0.39, 0.29) is 47.6 Å². The van der Waals surface area contributed by atoms with Crippen LogP contribution in [0.25, 0.3) is 5.76 Å². The number of carbonyl (C=O) groups is 1. The van der Waals surface area contributed by atoms with Crippen LogP contribution in [0.2, 0.25) is 0 Å². The summed E-state index contributed by atoms with van der Waals surface area (Å²) in [6.07, 6.45) is -7.19. The molecule has 16 nitrogen and oxygen atoms in total. The molecule has 3 aliphatic heterocycles. The van der Waals surface area contributed by atoms with Crippen molar-refractivity contribution in [3.8, 4) is 34.5 Å². The van der Waals surface area contributed by atoms with E-state index in [0.717, 1.165) is 0 Å². The molecule has 7 unspecified atom stereocenters. The second-order valence-corrected chi connectivity index (χ2v) is 11.5. The predicted molar refractivity (Wildman–Crippen MR) is 171 cm³/mol. The van der Waals surface area contributed by atoms with Crippen molar-refractivity contribution in [3.05, 3.63) is 89.5 Å². The lowest BCUT2D eigenvalue weighted by Gasteiger charge is -2.38. The molecule has 50 heavy (non-hydrogen) atoms. The highest BCUT2D eigenvalue weighted by Gasteiger charge is 2.48. The molecule has 0 bridgehead atoms. The normalized spacial score (nSPS) is 24.8. The molecule has 0 aliphatic carbocycles. The largest absolute Gasteiger partial charge is 0.508 e. The van der Waals surface area contributed by atoms with Crippen molar-refractivity contribution in [2.45, 2.75) is 49.5 Å². The number of ether oxygens (including phenoxy) is 5. The summed E-state index contributed by atoms with van der Waals surface area (Å²) in [7, 11) is 0. The number of aliphatic imine (C=N–C) groups is 1. The van der Waals surface area contributed by atoms with Gasteiger partial charge in [0, 0.05) is 18.2 Å². The van der Waals surface area contributed by atoms with Crippen LogP contribution in [0.3, 0.4) is 0 Å². The van der Waals surface area contributed by atoms with Crippen LogP contribution in [0.1, 0.15) is 22.8 Å². The van der Waals surface area contributed by atoms with Crippen LogP contribution in [0.4, 0.5) is 0 Å². The standard InChI is InChI=1S/C34H32N2O14/c35-25-9-8-19(36-25)21(39)14-46-18-6-4-16(5-7-18)22-11-20(38)26-23(48-22)12-24(31(27(26)40)47-13-15-2-1-3-17(37)10-15)49-34-30(43)28(41)29(42)32(50-34)33(44)45/h1-12,21-22,28-30,32,34-35,37-43H,13-14H2,(H,44,45)/p+1. The van der Waals surface area contributed by atoms with Crippen LogP contribution in [0.5, 0.6) is 34.5 Å². The number of fused-ring (bicyclic) bond motifs is 1. The molecule has 3 heterocycles. The van der Waals surface area contributed by atoms with Crippen LogP contribution in [0, 0.1) is 0 Å². The number of hydrogen-bond acceptors (Lipinski definition) is 13. The van der Waals surface area contributed by atoms with Gasteiger partial charge in [0.15, 0.2) is 29.4 Å². The van der Waals surface area contributed by atoms with Crippen LogP contribution in [0.15, 0.2) is 77.8 Å². The summed E-state index contributed by atoms with van der Waals surface area (Å²) in [6, 6.07) is 13.8. The minimum absolute atomic E-state index is 0.0544. The van der Waals surface area contributed by atoms with Gasteiger partial charge in [0.2, 0.25) is 12.0 Å². The highest BCUT2D eigenvalue weighted by atomic mass is 16.7. The van der Waals surface area contributed by atoms with Gasteiger partial charge in [-0.05, 0) is 46.5 Å². The first-order chi connectivity index (χ1) is 23.9. The van der Waals surface area contributed by atoms with E-state index in [2.05, 4.69) is 4.99 Å². The minimum atomic E-state index is -1.98. The van der Waals surface area contributed by atoms with Crippen molar-refractivity contribution in [2.75, 3.05) is 6.61 Å². The smallest absolute Gasteiger partial charge is 0.335 e. The van der Waals surface area contributed by atoms with E-state index in [4.69, 9.17) is 29.1 Å². The number of nitrogens with zero attached hydrogens (tertiary/aromatic N) is 1. The van der Waals surface area contributed by atoms with Crippen LogP contribution in [-0.2, 0) is 16.1 Å². The Bertz CT molecular complexity index is 1870. The number of aliphatic hydroxyl groups excluding tert-OH is 5. The molecule has 10 N–H and O–H groups in total. The summed E-state index contributed by atoms with van der Waals surface area (Å²) >= 11 is 0. The van der Waals surface area contributed by atoms with Gasteiger partial charge >= 0.3 is 11.8 Å². The average Bonchev–Trinajstić information content (AvgIpc) is 3.53. The van der Waals surface area contributed by atoms with Gasteiger partial charge in [-0.1, -0.05) is 24.3 Å². The van der Waals surface area contributed by atoms with Crippen LogP contribution in [-0.4, -0.2) is 102 Å². The van der Waals surface area contributed by atoms with E-state index in [0.29, 0.717) is 22.6 Å². The molecule has 16 heteroatoms. The topological polar surface area (TPSA) is 263 Å². The number of phenolic OH excluding ortho intramolecular Hbond substituents is 2. The molecule has 0 saturated carbocycles. The Kier molecular flexibility index (Phi) is 9.63. The molecule has 3 aromatic carbocycles. The first kappa shape index (κ1) is 34.2. The zero-order valence-electron chi connectivity index (χ0n) is 25.9. The quantitative estimate of drug-likeness (QED) is 0.127. The molecule has 262 valence electrons. The van der Waals surface area contributed by atoms with Crippen molar-refractivity contribution in [3.63, 3.8) is 0 Å². The summed E-state index contributed by atoms with van der Waals surface area (Å²) in [5, 5.41) is 88.7. The number of nitrogens with two attached hydrogens (primary N) is 1. The molecule has 1 fully saturated rings. The van der Waals surface area contributed by atoms with Gasteiger partial charge in [0.1, 0.15) is 66.2 Å². The van der Waals surface area contributed by atoms with E-state index in [9.17, 15) is 45.6 Å². The number of aromatic hydroxyl groups is 2. The fourth-order valence-electron chi connectivity index (χ4n) is 5.40.